The number of nitrogens with one attached hydrogen (secondary N) is 4. The summed E-state index contributed by atoms with van der Waals surface area (Å²) in [6, 6.07) is 4.01. The van der Waals surface area contributed by atoms with Gasteiger partial charge < -0.3 is 30.1 Å². The molecular formula is C23H34N10O2. The van der Waals surface area contributed by atoms with Crippen molar-refractivity contribution in [3.05, 3.63) is 47.3 Å². The zero-order chi connectivity index (χ0) is 24.8. The third-order valence-corrected chi connectivity index (χ3v) is 5.63. The molecule has 0 bridgehead atoms. The highest BCUT2D eigenvalue weighted by molar-refractivity contribution is 6.00. The van der Waals surface area contributed by atoms with Gasteiger partial charge in [-0.15, -0.1) is 0 Å². The third-order valence-electron chi connectivity index (χ3n) is 5.63. The zero-order valence-electron chi connectivity index (χ0n) is 20.6. The number of aliphatic imine (C=N–C) groups is 4. The largest absolute Gasteiger partial charge is 0.469 e. The summed E-state index contributed by atoms with van der Waals surface area (Å²) in [5.74, 6) is 4.18. The Morgan fingerprint density at radius 3 is 2.57 bits per heavy atom. The smallest absolute Gasteiger partial charge is 0.202 e. The first-order valence-electron chi connectivity index (χ1n) is 11.7. The van der Waals surface area contributed by atoms with E-state index in [1.807, 2.05) is 40.0 Å². The summed E-state index contributed by atoms with van der Waals surface area (Å²) in [4.78, 5) is 20.0. The number of guanidine groups is 4. The Labute approximate surface area is 204 Å². The van der Waals surface area contributed by atoms with E-state index in [-0.39, 0.29) is 12.3 Å². The molecule has 188 valence electrons. The first kappa shape index (κ1) is 24.2. The van der Waals surface area contributed by atoms with Crippen LogP contribution < -0.4 is 27.0 Å². The predicted octanol–water partition coefficient (Wildman–Crippen LogP) is 0.858. The molecule has 12 heteroatoms. The molecule has 6 N–H and O–H groups in total. The molecule has 0 aromatic carbocycles. The number of nitrogens with zero attached hydrogens (tertiary/aromatic N) is 5. The molecule has 0 spiro atoms. The van der Waals surface area contributed by atoms with Crippen LogP contribution in [0.25, 0.3) is 0 Å². The summed E-state index contributed by atoms with van der Waals surface area (Å²) < 4.78 is 11.1. The van der Waals surface area contributed by atoms with Crippen LogP contribution in [0.2, 0.25) is 0 Å². The molecule has 2 aliphatic rings. The van der Waals surface area contributed by atoms with Gasteiger partial charge in [-0.1, -0.05) is 0 Å². The maximum atomic E-state index is 5.74. The van der Waals surface area contributed by atoms with Crippen LogP contribution in [0.3, 0.4) is 0 Å². The number of rotatable bonds is 8. The zero-order valence-corrected chi connectivity index (χ0v) is 20.6. The summed E-state index contributed by atoms with van der Waals surface area (Å²) in [7, 11) is 2.01. The Bertz CT molecular complexity index is 1130. The number of likely N-dealkylation sites (N-methyl/N-ethyl adjacent to an activating group) is 1. The highest BCUT2D eigenvalue weighted by Crippen LogP contribution is 2.12. The lowest BCUT2D eigenvalue weighted by Crippen LogP contribution is -2.54. The molecule has 12 nitrogen and oxygen atoms in total. The second-order valence-corrected chi connectivity index (χ2v) is 8.60. The van der Waals surface area contributed by atoms with Crippen LogP contribution in [0, 0.1) is 6.92 Å². The molecule has 2 atom stereocenters. The molecule has 4 rings (SSSR count). The van der Waals surface area contributed by atoms with E-state index < -0.39 is 0 Å². The number of furan rings is 2. The van der Waals surface area contributed by atoms with E-state index in [0.29, 0.717) is 31.0 Å². The van der Waals surface area contributed by atoms with Crippen LogP contribution >= 0.6 is 0 Å². The maximum absolute atomic E-state index is 5.74. The van der Waals surface area contributed by atoms with Gasteiger partial charge in [0.2, 0.25) is 5.96 Å². The highest BCUT2D eigenvalue weighted by Gasteiger charge is 2.18. The molecule has 35 heavy (non-hydrogen) atoms. The molecule has 0 amide bonds. The van der Waals surface area contributed by atoms with Crippen molar-refractivity contribution in [3.63, 3.8) is 0 Å². The van der Waals surface area contributed by atoms with Gasteiger partial charge in [0.1, 0.15) is 30.4 Å². The highest BCUT2D eigenvalue weighted by atomic mass is 16.3. The summed E-state index contributed by atoms with van der Waals surface area (Å²) in [5, 5.41) is 12.6. The van der Waals surface area contributed by atoms with Gasteiger partial charge in [-0.25, -0.2) is 15.0 Å². The Balaban J connectivity index is 1.27. The molecule has 4 heterocycles. The number of aryl methyl sites for hydroxylation is 1. The monoisotopic (exact) mass is 482 g/mol. The average molecular weight is 483 g/mol. The van der Waals surface area contributed by atoms with Gasteiger partial charge in [0.05, 0.1) is 12.5 Å². The van der Waals surface area contributed by atoms with E-state index in [9.17, 15) is 0 Å². The molecule has 2 unspecified atom stereocenters. The summed E-state index contributed by atoms with van der Waals surface area (Å²) in [6.07, 6.45) is 4.91. The van der Waals surface area contributed by atoms with Crippen LogP contribution in [-0.2, 0) is 19.4 Å². The van der Waals surface area contributed by atoms with Gasteiger partial charge >= 0.3 is 0 Å². The number of hydrogen-bond acceptors (Lipinski definition) is 8. The minimum absolute atomic E-state index is 0.0850. The van der Waals surface area contributed by atoms with Crippen LogP contribution in [0.4, 0.5) is 0 Å². The van der Waals surface area contributed by atoms with Gasteiger partial charge in [-0.3, -0.25) is 15.6 Å². The molecular weight excluding hydrogens is 448 g/mol. The van der Waals surface area contributed by atoms with Gasteiger partial charge in [0, 0.05) is 20.1 Å². The topological polar surface area (TPSA) is 153 Å². The minimum atomic E-state index is -0.0923. The van der Waals surface area contributed by atoms with Gasteiger partial charge in [-0.05, 0) is 56.9 Å². The summed E-state index contributed by atoms with van der Waals surface area (Å²) >= 11 is 0. The van der Waals surface area contributed by atoms with Crippen molar-refractivity contribution >= 4 is 23.8 Å². The minimum Gasteiger partial charge on any atom is -0.469 e. The second kappa shape index (κ2) is 11.0. The van der Waals surface area contributed by atoms with E-state index in [0.717, 1.165) is 42.4 Å². The van der Waals surface area contributed by atoms with Crippen LogP contribution in [0.5, 0.6) is 0 Å². The molecule has 0 fully saturated rings. The molecule has 2 aromatic rings. The van der Waals surface area contributed by atoms with Crippen LogP contribution in [0.15, 0.2) is 53.5 Å². The van der Waals surface area contributed by atoms with Crippen molar-refractivity contribution in [2.75, 3.05) is 20.1 Å². The molecule has 2 aromatic heterocycles. The van der Waals surface area contributed by atoms with E-state index in [1.54, 1.807) is 12.5 Å². The van der Waals surface area contributed by atoms with E-state index in [4.69, 9.17) is 14.6 Å². The Hall–Kier alpha value is -3.96. The lowest BCUT2D eigenvalue weighted by molar-refractivity contribution is 0.472. The van der Waals surface area contributed by atoms with Crippen molar-refractivity contribution in [2.45, 2.75) is 52.5 Å². The molecule has 0 radical (unpaired) electrons. The Morgan fingerprint density at radius 2 is 1.83 bits per heavy atom. The second-order valence-electron chi connectivity index (χ2n) is 8.60. The maximum Gasteiger partial charge on any atom is 0.202 e. The summed E-state index contributed by atoms with van der Waals surface area (Å²) in [6.45, 7) is 7.70. The number of nitrogens with two attached hydrogens (primary N) is 1. The average Bonchev–Trinajstić information content (AvgIpc) is 3.43. The third kappa shape index (κ3) is 6.78. The first-order chi connectivity index (χ1) is 16.9. The first-order valence-corrected chi connectivity index (χ1v) is 11.7. The SMILES string of the molecule is Cc1occc1CCN(C)C1=NC(C)NC(=NCc2cc(CCN=C3NC(N)=NC(C)N3)co2)N1. The van der Waals surface area contributed by atoms with E-state index >= 15 is 0 Å². The molecule has 0 saturated carbocycles. The van der Waals surface area contributed by atoms with Crippen molar-refractivity contribution < 1.29 is 8.83 Å². The molecule has 2 aliphatic heterocycles. The predicted molar refractivity (Wildman–Crippen MR) is 136 cm³/mol. The Kier molecular flexibility index (Phi) is 7.58. The van der Waals surface area contributed by atoms with Crippen LogP contribution in [-0.4, -0.2) is 61.2 Å². The lowest BCUT2D eigenvalue weighted by Gasteiger charge is -2.29. The van der Waals surface area contributed by atoms with E-state index in [1.165, 1.54) is 5.56 Å². The quantitative estimate of drug-likeness (QED) is 0.371. The fourth-order valence-electron chi connectivity index (χ4n) is 3.74. The Morgan fingerprint density at radius 1 is 1.06 bits per heavy atom. The lowest BCUT2D eigenvalue weighted by atomic mass is 10.2. The van der Waals surface area contributed by atoms with E-state index in [2.05, 4.69) is 46.1 Å². The number of hydrogen-bond donors (Lipinski definition) is 5. The summed E-state index contributed by atoms with van der Waals surface area (Å²) in [5.41, 5.74) is 8.00. The standard InChI is InChI=1S/C23H34N10O2/c1-14-18(7-10-34-14)6-9-33(4)23-30-16(3)29-22(32-23)26-12-19-11-17(13-35-19)5-8-25-21-28-15(2)27-20(24)31-21/h7,10-11,13,15-16H,5-6,8-9,12H2,1-4H3,(H2,26,29,30,32)(H4,24,25,27,28,31). The molecule has 0 aliphatic carbocycles. The van der Waals surface area contributed by atoms with Crippen molar-refractivity contribution in [1.82, 2.24) is 26.2 Å². The molecule has 0 saturated heterocycles. The fourth-order valence-corrected chi connectivity index (χ4v) is 3.74. The fraction of sp³-hybridized carbons (Fsp3) is 0.478. The van der Waals surface area contributed by atoms with Gasteiger partial charge in [0.15, 0.2) is 17.9 Å². The van der Waals surface area contributed by atoms with Crippen LogP contribution in [0.1, 0.15) is 36.5 Å². The van der Waals surface area contributed by atoms with Crippen molar-refractivity contribution in [2.24, 2.45) is 25.7 Å². The normalized spacial score (nSPS) is 22.1. The van der Waals surface area contributed by atoms with Crippen molar-refractivity contribution in [1.29, 1.82) is 0 Å². The van der Waals surface area contributed by atoms with Gasteiger partial charge in [-0.2, -0.15) is 0 Å². The van der Waals surface area contributed by atoms with Crippen molar-refractivity contribution in [3.8, 4) is 0 Å². The van der Waals surface area contributed by atoms with Gasteiger partial charge in [0.25, 0.3) is 0 Å².